The van der Waals surface area contributed by atoms with E-state index in [9.17, 15) is 4.79 Å². The molecule has 0 bridgehead atoms. The Hall–Kier alpha value is -0.610. The van der Waals surface area contributed by atoms with E-state index < -0.39 is 6.04 Å². The zero-order valence-corrected chi connectivity index (χ0v) is 11.0. The highest BCUT2D eigenvalue weighted by atomic mass is 16.5. The summed E-state index contributed by atoms with van der Waals surface area (Å²) in [5.41, 5.74) is 5.75. The fraction of sp³-hybridized carbons (Fsp3) is 0.917. The van der Waals surface area contributed by atoms with Gasteiger partial charge >= 0.3 is 5.97 Å². The predicted molar refractivity (Wildman–Crippen MR) is 66.2 cm³/mol. The number of nitrogens with zero attached hydrogens (tertiary/aromatic N) is 1. The van der Waals surface area contributed by atoms with Crippen LogP contribution in [0.25, 0.3) is 0 Å². The highest BCUT2D eigenvalue weighted by Gasteiger charge is 2.18. The summed E-state index contributed by atoms with van der Waals surface area (Å²) in [5.74, 6) is 0.354. The number of likely N-dealkylation sites (N-methyl/N-ethyl adjacent to an activating group) is 1. The van der Waals surface area contributed by atoms with Crippen molar-refractivity contribution in [2.75, 3.05) is 26.7 Å². The van der Waals surface area contributed by atoms with Gasteiger partial charge in [0.25, 0.3) is 0 Å². The number of ether oxygens (including phenoxy) is 1. The fourth-order valence-electron chi connectivity index (χ4n) is 1.75. The average molecular weight is 230 g/mol. The number of methoxy groups -OCH3 is 1. The Labute approximate surface area is 99.1 Å². The number of rotatable bonds is 8. The molecular formula is C12H26N2O2. The molecule has 0 aromatic rings. The monoisotopic (exact) mass is 230 g/mol. The van der Waals surface area contributed by atoms with E-state index in [-0.39, 0.29) is 5.97 Å². The van der Waals surface area contributed by atoms with Gasteiger partial charge in [-0.15, -0.1) is 0 Å². The summed E-state index contributed by atoms with van der Waals surface area (Å²) >= 11 is 0. The lowest BCUT2D eigenvalue weighted by Gasteiger charge is -2.26. The second kappa shape index (κ2) is 8.53. The summed E-state index contributed by atoms with van der Waals surface area (Å²) < 4.78 is 4.62. The molecule has 16 heavy (non-hydrogen) atoms. The normalized spacial score (nSPS) is 13.2. The van der Waals surface area contributed by atoms with Crippen LogP contribution in [0, 0.1) is 5.92 Å². The predicted octanol–water partition coefficient (Wildman–Crippen LogP) is 1.24. The minimum Gasteiger partial charge on any atom is -0.468 e. The van der Waals surface area contributed by atoms with E-state index in [1.54, 1.807) is 0 Å². The van der Waals surface area contributed by atoms with E-state index in [0.29, 0.717) is 12.5 Å². The van der Waals surface area contributed by atoms with Gasteiger partial charge in [0.1, 0.15) is 6.04 Å². The zero-order chi connectivity index (χ0) is 12.6. The smallest absolute Gasteiger partial charge is 0.323 e. The summed E-state index contributed by atoms with van der Waals surface area (Å²) in [4.78, 5) is 13.4. The van der Waals surface area contributed by atoms with Crippen LogP contribution in [0.15, 0.2) is 0 Å². The molecule has 0 aliphatic heterocycles. The quantitative estimate of drug-likeness (QED) is 0.638. The lowest BCUT2D eigenvalue weighted by atomic mass is 10.0. The molecule has 2 N–H and O–H groups in total. The van der Waals surface area contributed by atoms with Crippen molar-refractivity contribution in [1.29, 1.82) is 0 Å². The van der Waals surface area contributed by atoms with Crippen LogP contribution in [-0.4, -0.2) is 43.7 Å². The molecule has 0 radical (unpaired) electrons. The molecule has 0 saturated carbocycles. The molecule has 0 heterocycles. The molecule has 0 spiro atoms. The third-order valence-corrected chi connectivity index (χ3v) is 3.08. The van der Waals surface area contributed by atoms with Crippen molar-refractivity contribution in [3.8, 4) is 0 Å². The van der Waals surface area contributed by atoms with E-state index in [1.807, 2.05) is 0 Å². The molecule has 4 heteroatoms. The molecule has 0 saturated heterocycles. The van der Waals surface area contributed by atoms with Gasteiger partial charge in [-0.1, -0.05) is 33.6 Å². The molecule has 0 rings (SSSR count). The van der Waals surface area contributed by atoms with Crippen molar-refractivity contribution in [3.05, 3.63) is 0 Å². The van der Waals surface area contributed by atoms with Crippen molar-refractivity contribution >= 4 is 5.97 Å². The second-order valence-electron chi connectivity index (χ2n) is 4.16. The average Bonchev–Trinajstić information content (AvgIpc) is 2.32. The van der Waals surface area contributed by atoms with Gasteiger partial charge in [-0.05, 0) is 12.5 Å². The molecule has 0 aromatic heterocycles. The van der Waals surface area contributed by atoms with Gasteiger partial charge < -0.3 is 15.4 Å². The number of hydrogen-bond donors (Lipinski definition) is 1. The van der Waals surface area contributed by atoms with E-state index in [2.05, 4.69) is 30.4 Å². The molecule has 96 valence electrons. The van der Waals surface area contributed by atoms with Crippen LogP contribution in [0.4, 0.5) is 0 Å². The Morgan fingerprint density at radius 2 is 1.81 bits per heavy atom. The van der Waals surface area contributed by atoms with Crippen molar-refractivity contribution in [2.24, 2.45) is 11.7 Å². The van der Waals surface area contributed by atoms with Gasteiger partial charge in [0.05, 0.1) is 7.11 Å². The number of hydrogen-bond acceptors (Lipinski definition) is 4. The topological polar surface area (TPSA) is 55.6 Å². The summed E-state index contributed by atoms with van der Waals surface area (Å²) in [6.45, 7) is 8.99. The number of nitrogens with two attached hydrogens (primary N) is 1. The van der Waals surface area contributed by atoms with Crippen LogP contribution in [0.3, 0.4) is 0 Å². The summed E-state index contributed by atoms with van der Waals surface area (Å²) in [6.07, 6.45) is 2.33. The summed E-state index contributed by atoms with van der Waals surface area (Å²) in [7, 11) is 1.37. The molecule has 1 atom stereocenters. The van der Waals surface area contributed by atoms with Crippen LogP contribution < -0.4 is 5.73 Å². The number of carbonyl (C=O) groups is 1. The van der Waals surface area contributed by atoms with Gasteiger partial charge in [-0.3, -0.25) is 4.79 Å². The standard InChI is InChI=1S/C12H26N2O2/c1-5-10(6-2)8-14(7-3)9-11(13)12(15)16-4/h10-11H,5-9,13H2,1-4H3. The molecule has 0 aliphatic rings. The van der Waals surface area contributed by atoms with Crippen molar-refractivity contribution in [1.82, 2.24) is 4.90 Å². The van der Waals surface area contributed by atoms with Gasteiger partial charge in [0.15, 0.2) is 0 Å². The minimum absolute atomic E-state index is 0.331. The van der Waals surface area contributed by atoms with Gasteiger partial charge in [0, 0.05) is 13.1 Å². The first kappa shape index (κ1) is 15.4. The summed E-state index contributed by atoms with van der Waals surface area (Å²) in [5, 5.41) is 0. The van der Waals surface area contributed by atoms with Crippen molar-refractivity contribution in [2.45, 2.75) is 39.7 Å². The van der Waals surface area contributed by atoms with Crippen LogP contribution in [-0.2, 0) is 9.53 Å². The van der Waals surface area contributed by atoms with Crippen molar-refractivity contribution < 1.29 is 9.53 Å². The maximum atomic E-state index is 11.2. The molecular weight excluding hydrogens is 204 g/mol. The van der Waals surface area contributed by atoms with Crippen LogP contribution in [0.2, 0.25) is 0 Å². The molecule has 1 unspecified atom stereocenters. The Morgan fingerprint density at radius 3 is 2.19 bits per heavy atom. The highest BCUT2D eigenvalue weighted by Crippen LogP contribution is 2.10. The molecule has 0 fully saturated rings. The first-order chi connectivity index (χ1) is 7.58. The zero-order valence-electron chi connectivity index (χ0n) is 11.0. The van der Waals surface area contributed by atoms with Crippen LogP contribution in [0.5, 0.6) is 0 Å². The van der Waals surface area contributed by atoms with E-state index in [4.69, 9.17) is 5.73 Å². The van der Waals surface area contributed by atoms with Gasteiger partial charge in [-0.2, -0.15) is 0 Å². The van der Waals surface area contributed by atoms with E-state index in [1.165, 1.54) is 20.0 Å². The number of esters is 1. The van der Waals surface area contributed by atoms with Crippen LogP contribution in [0.1, 0.15) is 33.6 Å². The maximum absolute atomic E-state index is 11.2. The summed E-state index contributed by atoms with van der Waals surface area (Å²) in [6, 6.07) is -0.528. The fourth-order valence-corrected chi connectivity index (χ4v) is 1.75. The SMILES string of the molecule is CCC(CC)CN(CC)CC(N)C(=O)OC. The van der Waals surface area contributed by atoms with E-state index >= 15 is 0 Å². The Balaban J connectivity index is 4.13. The van der Waals surface area contributed by atoms with E-state index in [0.717, 1.165) is 13.1 Å². The highest BCUT2D eigenvalue weighted by molar-refractivity contribution is 5.75. The Kier molecular flexibility index (Phi) is 8.21. The van der Waals surface area contributed by atoms with Gasteiger partial charge in [-0.25, -0.2) is 0 Å². The second-order valence-corrected chi connectivity index (χ2v) is 4.16. The largest absolute Gasteiger partial charge is 0.468 e. The van der Waals surface area contributed by atoms with Gasteiger partial charge in [0.2, 0.25) is 0 Å². The molecule has 4 nitrogen and oxygen atoms in total. The molecule has 0 aromatic carbocycles. The first-order valence-corrected chi connectivity index (χ1v) is 6.14. The Morgan fingerprint density at radius 1 is 1.25 bits per heavy atom. The Bertz CT molecular complexity index is 193. The molecule has 0 aliphatic carbocycles. The third kappa shape index (κ3) is 5.47. The lowest BCUT2D eigenvalue weighted by molar-refractivity contribution is -0.142. The van der Waals surface area contributed by atoms with Crippen molar-refractivity contribution in [3.63, 3.8) is 0 Å². The lowest BCUT2D eigenvalue weighted by Crippen LogP contribution is -2.44. The maximum Gasteiger partial charge on any atom is 0.323 e. The number of carbonyl (C=O) groups excluding carboxylic acids is 1. The first-order valence-electron chi connectivity index (χ1n) is 6.14. The minimum atomic E-state index is -0.528. The molecule has 0 amide bonds. The third-order valence-electron chi connectivity index (χ3n) is 3.08. The van der Waals surface area contributed by atoms with Crippen LogP contribution >= 0.6 is 0 Å².